The third-order valence-electron chi connectivity index (χ3n) is 5.31. The van der Waals surface area contributed by atoms with E-state index in [1.54, 1.807) is 0 Å². The van der Waals surface area contributed by atoms with Gasteiger partial charge in [0.25, 0.3) is 11.8 Å². The first-order valence-electron chi connectivity index (χ1n) is 10.7. The van der Waals surface area contributed by atoms with Gasteiger partial charge < -0.3 is 15.4 Å². The van der Waals surface area contributed by atoms with Gasteiger partial charge in [-0.1, -0.05) is 0 Å². The quantitative estimate of drug-likeness (QED) is 0.185. The van der Waals surface area contributed by atoms with E-state index in [-0.39, 0.29) is 17.4 Å². The van der Waals surface area contributed by atoms with Crippen LogP contribution < -0.4 is 10.6 Å². The molecule has 1 unspecified atom stereocenters. The summed E-state index contributed by atoms with van der Waals surface area (Å²) in [6.07, 6.45) is -0.490. The van der Waals surface area contributed by atoms with Crippen LogP contribution in [-0.4, -0.2) is 24.1 Å². The van der Waals surface area contributed by atoms with E-state index in [1.165, 1.54) is 6.92 Å². The van der Waals surface area contributed by atoms with Crippen molar-refractivity contribution in [3.8, 4) is 0 Å². The summed E-state index contributed by atoms with van der Waals surface area (Å²) >= 11 is 0. The second-order valence-electron chi connectivity index (χ2n) is 8.10. The Morgan fingerprint density at radius 1 is 0.684 bits per heavy atom. The standard InChI is InChI=1S/C25H16F8N2O3/c1-10(12-5-15(28)8-16(29)6-12)34-24(37)18-20(30)19(22(32)23(33)21(18)31)25(38)35-17(9-36)4-11-2-13(26)7-14(27)3-11/h2-3,5-10,17H,4H2,1H3,(H,34,37)(H,35,38)/t10?,17-/m0/s1. The first-order chi connectivity index (χ1) is 17.8. The molecule has 0 aliphatic heterocycles. The highest BCUT2D eigenvalue weighted by atomic mass is 19.2. The molecular weight excluding hydrogens is 528 g/mol. The Morgan fingerprint density at radius 3 is 1.61 bits per heavy atom. The first kappa shape index (κ1) is 28.3. The highest BCUT2D eigenvalue weighted by Gasteiger charge is 2.33. The number of rotatable bonds is 8. The smallest absolute Gasteiger partial charge is 0.257 e. The van der Waals surface area contributed by atoms with Crippen LogP contribution in [0.5, 0.6) is 0 Å². The number of amides is 2. The maximum atomic E-state index is 15.1. The summed E-state index contributed by atoms with van der Waals surface area (Å²) in [5.41, 5.74) is -3.81. The molecule has 0 radical (unpaired) electrons. The Hall–Kier alpha value is -4.29. The molecular formula is C25H16F8N2O3. The Bertz CT molecular complexity index is 1390. The van der Waals surface area contributed by atoms with Crippen LogP contribution >= 0.6 is 0 Å². The van der Waals surface area contributed by atoms with Crippen molar-refractivity contribution in [3.63, 3.8) is 0 Å². The molecule has 0 bridgehead atoms. The normalized spacial score (nSPS) is 12.6. The third kappa shape index (κ3) is 6.15. The number of nitrogens with one attached hydrogen (secondary N) is 2. The molecule has 38 heavy (non-hydrogen) atoms. The lowest BCUT2D eigenvalue weighted by Crippen LogP contribution is -2.39. The molecule has 2 N–H and O–H groups in total. The molecule has 0 spiro atoms. The lowest BCUT2D eigenvalue weighted by atomic mass is 10.0. The average Bonchev–Trinajstić information content (AvgIpc) is 2.81. The summed E-state index contributed by atoms with van der Waals surface area (Å²) < 4.78 is 112. The van der Waals surface area contributed by atoms with Gasteiger partial charge in [0.1, 0.15) is 40.7 Å². The van der Waals surface area contributed by atoms with Gasteiger partial charge in [-0.3, -0.25) is 9.59 Å². The number of aldehydes is 1. The summed E-state index contributed by atoms with van der Waals surface area (Å²) in [4.78, 5) is 36.4. The van der Waals surface area contributed by atoms with Gasteiger partial charge in [0.15, 0.2) is 23.3 Å². The van der Waals surface area contributed by atoms with E-state index >= 15 is 4.39 Å². The molecule has 0 saturated carbocycles. The van der Waals surface area contributed by atoms with E-state index < -0.39 is 88.0 Å². The number of benzene rings is 3. The fourth-order valence-electron chi connectivity index (χ4n) is 3.57. The van der Waals surface area contributed by atoms with Gasteiger partial charge in [0, 0.05) is 12.1 Å². The number of halogens is 8. The summed E-state index contributed by atoms with van der Waals surface area (Å²) in [5, 5.41) is 3.76. The highest BCUT2D eigenvalue weighted by Crippen LogP contribution is 2.26. The number of hydrogen-bond acceptors (Lipinski definition) is 3. The van der Waals surface area contributed by atoms with Gasteiger partial charge in [0.05, 0.1) is 12.1 Å². The second-order valence-corrected chi connectivity index (χ2v) is 8.10. The maximum absolute atomic E-state index is 15.1. The summed E-state index contributed by atoms with van der Waals surface area (Å²) in [6.45, 7) is 1.17. The van der Waals surface area contributed by atoms with Crippen LogP contribution in [0.2, 0.25) is 0 Å². The zero-order chi connectivity index (χ0) is 28.3. The van der Waals surface area contributed by atoms with Crippen LogP contribution in [0.15, 0.2) is 36.4 Å². The van der Waals surface area contributed by atoms with Crippen molar-refractivity contribution in [1.82, 2.24) is 10.6 Å². The Balaban J connectivity index is 1.91. The summed E-state index contributed by atoms with van der Waals surface area (Å²) in [6, 6.07) is 1.37. The molecule has 0 heterocycles. The van der Waals surface area contributed by atoms with Crippen molar-refractivity contribution in [2.75, 3.05) is 0 Å². The van der Waals surface area contributed by atoms with Crippen LogP contribution in [0.1, 0.15) is 44.8 Å². The molecule has 2 amide bonds. The molecule has 0 saturated heterocycles. The minimum atomic E-state index is -2.40. The molecule has 3 aromatic carbocycles. The van der Waals surface area contributed by atoms with Crippen molar-refractivity contribution in [2.24, 2.45) is 0 Å². The van der Waals surface area contributed by atoms with E-state index in [4.69, 9.17) is 0 Å². The molecule has 0 aliphatic rings. The van der Waals surface area contributed by atoms with E-state index in [2.05, 4.69) is 0 Å². The topological polar surface area (TPSA) is 75.3 Å². The molecule has 0 aliphatic carbocycles. The van der Waals surface area contributed by atoms with Crippen molar-refractivity contribution in [2.45, 2.75) is 25.4 Å². The van der Waals surface area contributed by atoms with Crippen LogP contribution in [0, 0.1) is 46.5 Å². The first-order valence-corrected chi connectivity index (χ1v) is 10.7. The SMILES string of the molecule is CC(NC(=O)c1c(F)c(F)c(F)c(C(=O)N[C@H](C=O)Cc2cc(F)cc(F)c2)c1F)c1cc(F)cc(F)c1. The Labute approximate surface area is 209 Å². The van der Waals surface area contributed by atoms with Crippen LogP contribution in [0.3, 0.4) is 0 Å². The van der Waals surface area contributed by atoms with Crippen LogP contribution in [0.4, 0.5) is 35.1 Å². The van der Waals surface area contributed by atoms with E-state index in [9.17, 15) is 45.1 Å². The molecule has 5 nitrogen and oxygen atoms in total. The monoisotopic (exact) mass is 544 g/mol. The second kappa shape index (κ2) is 11.4. The maximum Gasteiger partial charge on any atom is 0.257 e. The number of carbonyl (C=O) groups excluding carboxylic acids is 3. The molecule has 13 heteroatoms. The zero-order valence-corrected chi connectivity index (χ0v) is 19.2. The molecule has 0 fully saturated rings. The fourth-order valence-corrected chi connectivity index (χ4v) is 3.57. The largest absolute Gasteiger partial charge is 0.345 e. The van der Waals surface area contributed by atoms with E-state index in [0.29, 0.717) is 12.1 Å². The lowest BCUT2D eigenvalue weighted by molar-refractivity contribution is -0.109. The molecule has 200 valence electrons. The lowest BCUT2D eigenvalue weighted by Gasteiger charge is -2.18. The van der Waals surface area contributed by atoms with Gasteiger partial charge in [-0.2, -0.15) is 0 Å². The van der Waals surface area contributed by atoms with Gasteiger partial charge >= 0.3 is 0 Å². The molecule has 2 atom stereocenters. The van der Waals surface area contributed by atoms with Crippen molar-refractivity contribution >= 4 is 18.1 Å². The van der Waals surface area contributed by atoms with E-state index in [1.807, 2.05) is 10.6 Å². The van der Waals surface area contributed by atoms with Gasteiger partial charge in [-0.05, 0) is 48.7 Å². The zero-order valence-electron chi connectivity index (χ0n) is 19.2. The van der Waals surface area contributed by atoms with Crippen LogP contribution in [-0.2, 0) is 11.2 Å². The fraction of sp³-hybridized carbons (Fsp3) is 0.160. The minimum Gasteiger partial charge on any atom is -0.345 e. The third-order valence-corrected chi connectivity index (χ3v) is 5.31. The number of hydrogen-bond donors (Lipinski definition) is 2. The average molecular weight is 544 g/mol. The predicted molar refractivity (Wildman–Crippen MR) is 116 cm³/mol. The van der Waals surface area contributed by atoms with Gasteiger partial charge in [-0.15, -0.1) is 0 Å². The van der Waals surface area contributed by atoms with Gasteiger partial charge in [0.2, 0.25) is 0 Å². The van der Waals surface area contributed by atoms with Crippen molar-refractivity contribution in [1.29, 1.82) is 0 Å². The van der Waals surface area contributed by atoms with E-state index in [0.717, 1.165) is 24.3 Å². The Kier molecular flexibility index (Phi) is 8.49. The van der Waals surface area contributed by atoms with Crippen molar-refractivity contribution < 1.29 is 49.5 Å². The molecule has 3 rings (SSSR count). The predicted octanol–water partition coefficient (Wildman–Crippen LogP) is 4.83. The Morgan fingerprint density at radius 2 is 1.13 bits per heavy atom. The number of carbonyl (C=O) groups is 3. The van der Waals surface area contributed by atoms with Gasteiger partial charge in [-0.25, -0.2) is 35.1 Å². The van der Waals surface area contributed by atoms with Crippen molar-refractivity contribution in [3.05, 3.63) is 105 Å². The molecule has 3 aromatic rings. The van der Waals surface area contributed by atoms with Crippen LogP contribution in [0.25, 0.3) is 0 Å². The summed E-state index contributed by atoms with van der Waals surface area (Å²) in [5.74, 6) is -16.7. The highest BCUT2D eigenvalue weighted by molar-refractivity contribution is 6.01. The molecule has 0 aromatic heterocycles. The summed E-state index contributed by atoms with van der Waals surface area (Å²) in [7, 11) is 0. The minimum absolute atomic E-state index is 0.0593.